The van der Waals surface area contributed by atoms with Crippen LogP contribution in [-0.4, -0.2) is 42.0 Å². The van der Waals surface area contributed by atoms with Crippen LogP contribution in [0.4, 0.5) is 13.2 Å². The lowest BCUT2D eigenvalue weighted by atomic mass is 10.2. The number of halogens is 3. The predicted octanol–water partition coefficient (Wildman–Crippen LogP) is -0.104. The van der Waals surface area contributed by atoms with Gasteiger partial charge in [-0.3, -0.25) is 9.59 Å². The van der Waals surface area contributed by atoms with E-state index in [1.165, 1.54) is 6.92 Å². The summed E-state index contributed by atoms with van der Waals surface area (Å²) in [6.45, 7) is -0.547. The highest BCUT2D eigenvalue weighted by atomic mass is 19.4. The Labute approximate surface area is 78.1 Å². The molecule has 2 amide bonds. The van der Waals surface area contributed by atoms with Gasteiger partial charge in [0.25, 0.3) is 0 Å². The van der Waals surface area contributed by atoms with Gasteiger partial charge in [0.05, 0.1) is 6.54 Å². The quantitative estimate of drug-likeness (QED) is 0.656. The molecule has 0 bridgehead atoms. The van der Waals surface area contributed by atoms with E-state index in [0.717, 1.165) is 0 Å². The van der Waals surface area contributed by atoms with E-state index in [2.05, 4.69) is 5.32 Å². The first kappa shape index (κ1) is 10.8. The largest absolute Gasteiger partial charge is 0.406 e. The van der Waals surface area contributed by atoms with E-state index in [1.54, 1.807) is 0 Å². The van der Waals surface area contributed by atoms with Crippen molar-refractivity contribution in [2.45, 2.75) is 19.1 Å². The van der Waals surface area contributed by atoms with Crippen LogP contribution >= 0.6 is 0 Å². The van der Waals surface area contributed by atoms with E-state index in [1.807, 2.05) is 0 Å². The van der Waals surface area contributed by atoms with Gasteiger partial charge < -0.3 is 10.2 Å². The van der Waals surface area contributed by atoms with Gasteiger partial charge >= 0.3 is 6.18 Å². The molecule has 0 spiro atoms. The number of amides is 2. The Morgan fingerprint density at radius 3 is 2.57 bits per heavy atom. The summed E-state index contributed by atoms with van der Waals surface area (Å²) in [5, 5.41) is 2.25. The molecule has 1 aliphatic heterocycles. The number of carbonyl (C=O) groups excluding carboxylic acids is 2. The number of nitrogens with one attached hydrogen (secondary N) is 1. The van der Waals surface area contributed by atoms with Crippen LogP contribution in [0.25, 0.3) is 0 Å². The summed E-state index contributed by atoms with van der Waals surface area (Å²) in [6.07, 6.45) is -4.47. The summed E-state index contributed by atoms with van der Waals surface area (Å²) in [5.74, 6) is -1.27. The van der Waals surface area contributed by atoms with Crippen molar-refractivity contribution < 1.29 is 22.8 Å². The fraction of sp³-hybridized carbons (Fsp3) is 0.714. The minimum absolute atomic E-state index is 0.503. The Bertz CT molecular complexity index is 264. The highest BCUT2D eigenvalue weighted by Gasteiger charge is 2.38. The summed E-state index contributed by atoms with van der Waals surface area (Å²) >= 11 is 0. The molecule has 1 atom stereocenters. The number of nitrogens with zero attached hydrogens (tertiary/aromatic N) is 1. The van der Waals surface area contributed by atoms with Crippen LogP contribution in [-0.2, 0) is 9.59 Å². The second-order valence-electron chi connectivity index (χ2n) is 3.10. The van der Waals surface area contributed by atoms with Gasteiger partial charge in [0.2, 0.25) is 11.8 Å². The van der Waals surface area contributed by atoms with Crippen LogP contribution in [0.3, 0.4) is 0 Å². The standard InChI is InChI=1S/C7H9F3N2O2/c1-4-6(14)12(2-5(13)11-4)3-7(8,9)10/h4H,2-3H2,1H3,(H,11,13). The molecule has 1 N–H and O–H groups in total. The van der Waals surface area contributed by atoms with E-state index < -0.39 is 37.1 Å². The minimum atomic E-state index is -4.47. The maximum Gasteiger partial charge on any atom is 0.406 e. The van der Waals surface area contributed by atoms with E-state index in [0.29, 0.717) is 4.90 Å². The number of alkyl halides is 3. The first-order valence-corrected chi connectivity index (χ1v) is 3.94. The van der Waals surface area contributed by atoms with E-state index >= 15 is 0 Å². The smallest absolute Gasteiger partial charge is 0.343 e. The van der Waals surface area contributed by atoms with Crippen molar-refractivity contribution in [3.63, 3.8) is 0 Å². The third kappa shape index (κ3) is 2.61. The van der Waals surface area contributed by atoms with Gasteiger partial charge in [-0.05, 0) is 6.92 Å². The van der Waals surface area contributed by atoms with Crippen LogP contribution < -0.4 is 5.32 Å². The van der Waals surface area contributed by atoms with Crippen molar-refractivity contribution in [1.29, 1.82) is 0 Å². The molecule has 7 heteroatoms. The maximum atomic E-state index is 11.9. The summed E-state index contributed by atoms with van der Waals surface area (Å²) < 4.78 is 35.8. The fourth-order valence-corrected chi connectivity index (χ4v) is 1.22. The molecule has 1 heterocycles. The second kappa shape index (κ2) is 3.47. The molecule has 0 aromatic carbocycles. The summed E-state index contributed by atoms with van der Waals surface area (Å²) in [5.41, 5.74) is 0. The average molecular weight is 210 g/mol. The number of piperazine rings is 1. The molecule has 1 unspecified atom stereocenters. The number of rotatable bonds is 1. The minimum Gasteiger partial charge on any atom is -0.343 e. The van der Waals surface area contributed by atoms with Gasteiger partial charge in [0, 0.05) is 0 Å². The SMILES string of the molecule is CC1NC(=O)CN(CC(F)(F)F)C1=O. The average Bonchev–Trinajstić information content (AvgIpc) is 1.96. The van der Waals surface area contributed by atoms with Crippen LogP contribution in [0.5, 0.6) is 0 Å². The van der Waals surface area contributed by atoms with Crippen molar-refractivity contribution in [1.82, 2.24) is 10.2 Å². The van der Waals surface area contributed by atoms with Gasteiger partial charge in [0.15, 0.2) is 0 Å². The first-order chi connectivity index (χ1) is 6.29. The molecular weight excluding hydrogens is 201 g/mol. The van der Waals surface area contributed by atoms with E-state index in [9.17, 15) is 22.8 Å². The van der Waals surface area contributed by atoms with Crippen LogP contribution in [0, 0.1) is 0 Å². The van der Waals surface area contributed by atoms with Crippen molar-refractivity contribution in [3.05, 3.63) is 0 Å². The lowest BCUT2D eigenvalue weighted by Crippen LogP contribution is -2.58. The molecular formula is C7H9F3N2O2. The predicted molar refractivity (Wildman–Crippen MR) is 40.2 cm³/mol. The lowest BCUT2D eigenvalue weighted by molar-refractivity contribution is -0.167. The van der Waals surface area contributed by atoms with Crippen molar-refractivity contribution >= 4 is 11.8 Å². The molecule has 0 saturated carbocycles. The Morgan fingerprint density at radius 2 is 2.07 bits per heavy atom. The number of hydrogen-bond acceptors (Lipinski definition) is 2. The molecule has 1 aliphatic rings. The fourth-order valence-electron chi connectivity index (χ4n) is 1.22. The molecule has 0 radical (unpaired) electrons. The van der Waals surface area contributed by atoms with Crippen molar-refractivity contribution in [3.8, 4) is 0 Å². The van der Waals surface area contributed by atoms with Crippen LogP contribution in [0.1, 0.15) is 6.92 Å². The number of hydrogen-bond donors (Lipinski definition) is 1. The van der Waals surface area contributed by atoms with Crippen LogP contribution in [0.2, 0.25) is 0 Å². The molecule has 0 aromatic rings. The Kier molecular flexibility index (Phi) is 2.68. The summed E-state index contributed by atoms with van der Waals surface area (Å²) in [7, 11) is 0. The van der Waals surface area contributed by atoms with Crippen molar-refractivity contribution in [2.24, 2.45) is 0 Å². The molecule has 1 fully saturated rings. The molecule has 4 nitrogen and oxygen atoms in total. The zero-order valence-corrected chi connectivity index (χ0v) is 7.39. The molecule has 0 aliphatic carbocycles. The van der Waals surface area contributed by atoms with Gasteiger partial charge in [0.1, 0.15) is 12.6 Å². The Hall–Kier alpha value is -1.27. The third-order valence-corrected chi connectivity index (χ3v) is 1.76. The normalized spacial score (nSPS) is 23.7. The zero-order chi connectivity index (χ0) is 10.9. The molecule has 1 rings (SSSR count). The molecule has 14 heavy (non-hydrogen) atoms. The second-order valence-corrected chi connectivity index (χ2v) is 3.10. The first-order valence-electron chi connectivity index (χ1n) is 3.94. The highest BCUT2D eigenvalue weighted by molar-refractivity contribution is 5.94. The van der Waals surface area contributed by atoms with E-state index in [-0.39, 0.29) is 0 Å². The van der Waals surface area contributed by atoms with Crippen LogP contribution in [0.15, 0.2) is 0 Å². The zero-order valence-electron chi connectivity index (χ0n) is 7.39. The van der Waals surface area contributed by atoms with Gasteiger partial charge in [-0.15, -0.1) is 0 Å². The summed E-state index contributed by atoms with van der Waals surface area (Å²) in [6, 6.07) is -0.876. The Morgan fingerprint density at radius 1 is 1.50 bits per heavy atom. The van der Waals surface area contributed by atoms with Crippen molar-refractivity contribution in [2.75, 3.05) is 13.1 Å². The number of carbonyl (C=O) groups is 2. The third-order valence-electron chi connectivity index (χ3n) is 1.76. The highest BCUT2D eigenvalue weighted by Crippen LogP contribution is 2.17. The maximum absolute atomic E-state index is 11.9. The molecule has 1 saturated heterocycles. The van der Waals surface area contributed by atoms with Gasteiger partial charge in [-0.25, -0.2) is 0 Å². The monoisotopic (exact) mass is 210 g/mol. The lowest BCUT2D eigenvalue weighted by Gasteiger charge is -2.31. The topological polar surface area (TPSA) is 49.4 Å². The molecule has 0 aromatic heterocycles. The summed E-state index contributed by atoms with van der Waals surface area (Å²) in [4.78, 5) is 22.5. The van der Waals surface area contributed by atoms with Gasteiger partial charge in [-0.1, -0.05) is 0 Å². The Balaban J connectivity index is 2.67. The van der Waals surface area contributed by atoms with Gasteiger partial charge in [-0.2, -0.15) is 13.2 Å². The molecule has 80 valence electrons. The van der Waals surface area contributed by atoms with E-state index in [4.69, 9.17) is 0 Å².